The standard InChI is InChI=1S/C18H18ClN3O3S/c1-12-15-9-14(19)4-5-17(15)25-18(12)26(23,24)22-8-7-21-11-16(22)13-3-2-6-20-10-13/h2-6,9-10,16,21H,7-8,11H2,1H3. The number of benzene rings is 1. The van der Waals surface area contributed by atoms with Crippen LogP contribution in [0.4, 0.5) is 0 Å². The Kier molecular flexibility index (Phi) is 4.48. The van der Waals surface area contributed by atoms with Crippen LogP contribution in [-0.4, -0.2) is 37.3 Å². The molecule has 0 bridgehead atoms. The molecule has 8 heteroatoms. The minimum absolute atomic E-state index is 0.0226. The zero-order chi connectivity index (χ0) is 18.3. The van der Waals surface area contributed by atoms with Gasteiger partial charge in [0.05, 0.1) is 6.04 Å². The molecule has 0 saturated carbocycles. The Morgan fingerprint density at radius 1 is 1.35 bits per heavy atom. The molecule has 0 spiro atoms. The number of aromatic nitrogens is 1. The van der Waals surface area contributed by atoms with Gasteiger partial charge in [-0.2, -0.15) is 4.31 Å². The summed E-state index contributed by atoms with van der Waals surface area (Å²) in [5, 5.41) is 4.49. The topological polar surface area (TPSA) is 75.4 Å². The maximum absolute atomic E-state index is 13.4. The van der Waals surface area contributed by atoms with Gasteiger partial charge in [0.1, 0.15) is 5.58 Å². The maximum atomic E-state index is 13.4. The number of nitrogens with zero attached hydrogens (tertiary/aromatic N) is 2. The number of pyridine rings is 1. The molecule has 3 heterocycles. The molecule has 1 fully saturated rings. The minimum Gasteiger partial charge on any atom is -0.443 e. The highest BCUT2D eigenvalue weighted by atomic mass is 35.5. The quantitative estimate of drug-likeness (QED) is 0.742. The molecule has 6 nitrogen and oxygen atoms in total. The van der Waals surface area contributed by atoms with Crippen molar-refractivity contribution in [1.82, 2.24) is 14.6 Å². The fourth-order valence-corrected chi connectivity index (χ4v) is 5.29. The highest BCUT2D eigenvalue weighted by Crippen LogP contribution is 2.35. The maximum Gasteiger partial charge on any atom is 0.277 e. The molecule has 1 saturated heterocycles. The molecule has 3 aromatic rings. The molecule has 4 rings (SSSR count). The van der Waals surface area contributed by atoms with E-state index in [0.29, 0.717) is 41.2 Å². The number of rotatable bonds is 3. The van der Waals surface area contributed by atoms with Gasteiger partial charge in [-0.05, 0) is 36.8 Å². The van der Waals surface area contributed by atoms with E-state index in [0.717, 1.165) is 5.56 Å². The molecule has 0 aliphatic carbocycles. The molecule has 1 aliphatic heterocycles. The van der Waals surface area contributed by atoms with E-state index in [2.05, 4.69) is 10.3 Å². The lowest BCUT2D eigenvalue weighted by Gasteiger charge is -2.34. The summed E-state index contributed by atoms with van der Waals surface area (Å²) in [7, 11) is -3.81. The number of piperazine rings is 1. The van der Waals surface area contributed by atoms with E-state index in [9.17, 15) is 8.42 Å². The van der Waals surface area contributed by atoms with E-state index in [1.807, 2.05) is 12.1 Å². The van der Waals surface area contributed by atoms with Crippen LogP contribution in [-0.2, 0) is 10.0 Å². The van der Waals surface area contributed by atoms with Crippen LogP contribution in [0.15, 0.2) is 52.2 Å². The second kappa shape index (κ2) is 6.66. The molecule has 2 aromatic heterocycles. The third kappa shape index (κ3) is 2.91. The van der Waals surface area contributed by atoms with Crippen molar-refractivity contribution in [3.8, 4) is 0 Å². The van der Waals surface area contributed by atoms with E-state index in [4.69, 9.17) is 16.0 Å². The first-order valence-corrected chi connectivity index (χ1v) is 10.1. The summed E-state index contributed by atoms with van der Waals surface area (Å²) in [4.78, 5) is 4.12. The predicted octanol–water partition coefficient (Wildman–Crippen LogP) is 3.12. The van der Waals surface area contributed by atoms with E-state index in [1.165, 1.54) is 4.31 Å². The zero-order valence-electron chi connectivity index (χ0n) is 14.1. The van der Waals surface area contributed by atoms with Crippen LogP contribution >= 0.6 is 11.6 Å². The summed E-state index contributed by atoms with van der Waals surface area (Å²) in [6.45, 7) is 3.21. The number of sulfonamides is 1. The second-order valence-corrected chi connectivity index (χ2v) is 8.50. The Bertz CT molecular complexity index is 1050. The zero-order valence-corrected chi connectivity index (χ0v) is 15.7. The Hall–Kier alpha value is -1.93. The summed E-state index contributed by atoms with van der Waals surface area (Å²) in [5.74, 6) is 0. The lowest BCUT2D eigenvalue weighted by atomic mass is 10.1. The number of nitrogens with one attached hydrogen (secondary N) is 1. The number of aryl methyl sites for hydroxylation is 1. The molecular weight excluding hydrogens is 374 g/mol. The summed E-state index contributed by atoms with van der Waals surface area (Å²) < 4.78 is 34.0. The molecule has 0 amide bonds. The summed E-state index contributed by atoms with van der Waals surface area (Å²) in [6, 6.07) is 8.47. The second-order valence-electron chi connectivity index (χ2n) is 6.28. The van der Waals surface area contributed by atoms with Crippen LogP contribution < -0.4 is 5.32 Å². The SMILES string of the molecule is Cc1c(S(=O)(=O)N2CCNCC2c2cccnc2)oc2ccc(Cl)cc12. The van der Waals surface area contributed by atoms with Crippen molar-refractivity contribution in [1.29, 1.82) is 0 Å². The first kappa shape index (κ1) is 17.5. The normalized spacial score (nSPS) is 19.1. The van der Waals surface area contributed by atoms with Crippen LogP contribution in [0.3, 0.4) is 0 Å². The fourth-order valence-electron chi connectivity index (χ4n) is 3.35. The van der Waals surface area contributed by atoms with Crippen molar-refractivity contribution in [3.63, 3.8) is 0 Å². The van der Waals surface area contributed by atoms with Crippen molar-refractivity contribution < 1.29 is 12.8 Å². The number of hydrogen-bond acceptors (Lipinski definition) is 5. The molecule has 1 aromatic carbocycles. The van der Waals surface area contributed by atoms with Gasteiger partial charge in [-0.1, -0.05) is 17.7 Å². The lowest BCUT2D eigenvalue weighted by Crippen LogP contribution is -2.48. The van der Waals surface area contributed by atoms with Crippen LogP contribution in [0.1, 0.15) is 17.2 Å². The summed E-state index contributed by atoms with van der Waals surface area (Å²) >= 11 is 6.05. The Labute approximate surface area is 156 Å². The molecule has 136 valence electrons. The average molecular weight is 392 g/mol. The summed E-state index contributed by atoms with van der Waals surface area (Å²) in [6.07, 6.45) is 3.37. The van der Waals surface area contributed by atoms with Crippen molar-refractivity contribution in [2.24, 2.45) is 0 Å². The van der Waals surface area contributed by atoms with Crippen molar-refractivity contribution in [2.75, 3.05) is 19.6 Å². The monoisotopic (exact) mass is 391 g/mol. The number of fused-ring (bicyclic) bond motifs is 1. The van der Waals surface area contributed by atoms with Gasteiger partial charge >= 0.3 is 0 Å². The van der Waals surface area contributed by atoms with Crippen molar-refractivity contribution in [3.05, 3.63) is 58.9 Å². The number of furan rings is 1. The predicted molar refractivity (Wildman–Crippen MR) is 99.7 cm³/mol. The smallest absolute Gasteiger partial charge is 0.277 e. The first-order valence-electron chi connectivity index (χ1n) is 8.29. The average Bonchev–Trinajstić information content (AvgIpc) is 2.99. The number of hydrogen-bond donors (Lipinski definition) is 1. The Morgan fingerprint density at radius 2 is 2.19 bits per heavy atom. The third-order valence-electron chi connectivity index (χ3n) is 4.66. The fraction of sp³-hybridized carbons (Fsp3) is 0.278. The van der Waals surface area contributed by atoms with Crippen LogP contribution in [0.5, 0.6) is 0 Å². The Balaban J connectivity index is 1.81. The van der Waals surface area contributed by atoms with E-state index in [1.54, 1.807) is 37.5 Å². The van der Waals surface area contributed by atoms with Gasteiger partial charge in [0.2, 0.25) is 5.09 Å². The molecular formula is C18H18ClN3O3S. The van der Waals surface area contributed by atoms with Gasteiger partial charge in [0.15, 0.2) is 0 Å². The number of halogens is 1. The van der Waals surface area contributed by atoms with E-state index in [-0.39, 0.29) is 11.1 Å². The molecule has 1 aliphatic rings. The van der Waals surface area contributed by atoms with E-state index >= 15 is 0 Å². The van der Waals surface area contributed by atoms with Gasteiger partial charge in [-0.3, -0.25) is 4.98 Å². The van der Waals surface area contributed by atoms with Gasteiger partial charge in [-0.25, -0.2) is 8.42 Å². The molecule has 1 atom stereocenters. The van der Waals surface area contributed by atoms with Gasteiger partial charge in [0, 0.05) is 48.0 Å². The van der Waals surface area contributed by atoms with Crippen LogP contribution in [0.2, 0.25) is 5.02 Å². The molecule has 1 N–H and O–H groups in total. The van der Waals surface area contributed by atoms with E-state index < -0.39 is 10.0 Å². The molecule has 0 radical (unpaired) electrons. The first-order chi connectivity index (χ1) is 12.5. The third-order valence-corrected chi connectivity index (χ3v) is 6.81. The summed E-state index contributed by atoms with van der Waals surface area (Å²) in [5.41, 5.74) is 1.93. The van der Waals surface area contributed by atoms with Gasteiger partial charge < -0.3 is 9.73 Å². The highest BCUT2D eigenvalue weighted by molar-refractivity contribution is 7.89. The van der Waals surface area contributed by atoms with Crippen LogP contribution in [0, 0.1) is 6.92 Å². The van der Waals surface area contributed by atoms with Crippen LogP contribution in [0.25, 0.3) is 11.0 Å². The largest absolute Gasteiger partial charge is 0.443 e. The molecule has 1 unspecified atom stereocenters. The highest BCUT2D eigenvalue weighted by Gasteiger charge is 2.38. The Morgan fingerprint density at radius 3 is 2.96 bits per heavy atom. The van der Waals surface area contributed by atoms with Crippen molar-refractivity contribution >= 4 is 32.6 Å². The minimum atomic E-state index is -3.81. The molecule has 26 heavy (non-hydrogen) atoms. The van der Waals surface area contributed by atoms with Gasteiger partial charge in [0.25, 0.3) is 10.0 Å². The van der Waals surface area contributed by atoms with Gasteiger partial charge in [-0.15, -0.1) is 0 Å². The lowest BCUT2D eigenvalue weighted by molar-refractivity contribution is 0.265. The van der Waals surface area contributed by atoms with Crippen molar-refractivity contribution in [2.45, 2.75) is 18.1 Å².